The molecular formula is C22H25N3O2S. The number of carbonyl (C=O) groups excluding carboxylic acids is 2. The summed E-state index contributed by atoms with van der Waals surface area (Å²) >= 11 is 1.51. The highest BCUT2D eigenvalue weighted by Gasteiger charge is 2.22. The molecule has 4 rings (SSSR count). The van der Waals surface area contributed by atoms with Gasteiger partial charge in [-0.1, -0.05) is 29.8 Å². The fourth-order valence-electron chi connectivity index (χ4n) is 3.68. The number of amides is 2. The van der Waals surface area contributed by atoms with Crippen LogP contribution >= 0.6 is 11.8 Å². The molecule has 0 radical (unpaired) electrons. The number of aryl methyl sites for hydroxylation is 1. The Morgan fingerprint density at radius 2 is 1.89 bits per heavy atom. The lowest BCUT2D eigenvalue weighted by atomic mass is 10.1. The summed E-state index contributed by atoms with van der Waals surface area (Å²) in [5.74, 6) is 0.469. The molecule has 0 bridgehead atoms. The smallest absolute Gasteiger partial charge is 0.253 e. The number of nitrogens with one attached hydrogen (secondary N) is 1. The predicted octanol–water partition coefficient (Wildman–Crippen LogP) is 3.39. The second-order valence-corrected chi connectivity index (χ2v) is 8.47. The number of carbonyl (C=O) groups is 2. The fraction of sp³-hybridized carbons (Fsp3) is 0.364. The maximum absolute atomic E-state index is 13.0. The summed E-state index contributed by atoms with van der Waals surface area (Å²) in [7, 11) is 0. The molecule has 2 aromatic rings. The van der Waals surface area contributed by atoms with Gasteiger partial charge in [0.1, 0.15) is 0 Å². The number of thioether (sulfide) groups is 1. The molecule has 2 aliphatic rings. The first kappa shape index (κ1) is 19.0. The van der Waals surface area contributed by atoms with Crippen LogP contribution in [0.5, 0.6) is 0 Å². The van der Waals surface area contributed by atoms with Crippen molar-refractivity contribution in [3.8, 4) is 0 Å². The van der Waals surface area contributed by atoms with Crippen LogP contribution in [-0.4, -0.2) is 53.5 Å². The van der Waals surface area contributed by atoms with Crippen molar-refractivity contribution in [1.82, 2.24) is 9.80 Å². The van der Waals surface area contributed by atoms with Gasteiger partial charge in [0, 0.05) is 43.2 Å². The van der Waals surface area contributed by atoms with Crippen LogP contribution in [0, 0.1) is 6.92 Å². The highest BCUT2D eigenvalue weighted by Crippen LogP contribution is 2.32. The Kier molecular flexibility index (Phi) is 5.69. The molecule has 0 aromatic heterocycles. The lowest BCUT2D eigenvalue weighted by Crippen LogP contribution is -2.35. The van der Waals surface area contributed by atoms with Crippen LogP contribution < -0.4 is 5.32 Å². The average Bonchev–Trinajstić information content (AvgIpc) is 2.94. The predicted molar refractivity (Wildman–Crippen MR) is 113 cm³/mol. The topological polar surface area (TPSA) is 52.6 Å². The minimum atomic E-state index is -0.0105. The number of hydrogen-bond acceptors (Lipinski definition) is 4. The van der Waals surface area contributed by atoms with Gasteiger partial charge in [-0.3, -0.25) is 14.5 Å². The van der Waals surface area contributed by atoms with E-state index in [2.05, 4.69) is 41.4 Å². The third-order valence-corrected chi connectivity index (χ3v) is 6.34. The molecule has 146 valence electrons. The molecule has 6 heteroatoms. The lowest BCUT2D eigenvalue weighted by Gasteiger charge is -2.23. The quantitative estimate of drug-likeness (QED) is 0.866. The number of hydrogen-bond donors (Lipinski definition) is 1. The number of benzene rings is 2. The van der Waals surface area contributed by atoms with E-state index >= 15 is 0 Å². The Morgan fingerprint density at radius 3 is 2.71 bits per heavy atom. The molecule has 0 atom stereocenters. The Bertz CT molecular complexity index is 882. The molecule has 0 saturated carbocycles. The molecule has 1 saturated heterocycles. The van der Waals surface area contributed by atoms with E-state index < -0.39 is 0 Å². The molecule has 2 aliphatic heterocycles. The van der Waals surface area contributed by atoms with Crippen LogP contribution in [-0.2, 0) is 11.3 Å². The summed E-state index contributed by atoms with van der Waals surface area (Å²) in [5, 5.41) is 2.87. The van der Waals surface area contributed by atoms with Gasteiger partial charge >= 0.3 is 0 Å². The van der Waals surface area contributed by atoms with E-state index in [0.29, 0.717) is 11.3 Å². The molecule has 28 heavy (non-hydrogen) atoms. The molecule has 2 amide bonds. The maximum Gasteiger partial charge on any atom is 0.253 e. The van der Waals surface area contributed by atoms with Crippen LogP contribution in [0.3, 0.4) is 0 Å². The first-order valence-electron chi connectivity index (χ1n) is 9.72. The lowest BCUT2D eigenvalue weighted by molar-refractivity contribution is -0.113. The van der Waals surface area contributed by atoms with Gasteiger partial charge in [-0.25, -0.2) is 0 Å². The van der Waals surface area contributed by atoms with Gasteiger partial charge in [-0.2, -0.15) is 0 Å². The summed E-state index contributed by atoms with van der Waals surface area (Å²) in [6.45, 7) is 6.38. The van der Waals surface area contributed by atoms with E-state index in [1.807, 2.05) is 23.1 Å². The van der Waals surface area contributed by atoms with E-state index in [9.17, 15) is 9.59 Å². The molecule has 2 aromatic carbocycles. The van der Waals surface area contributed by atoms with Crippen molar-refractivity contribution >= 4 is 29.3 Å². The van der Waals surface area contributed by atoms with Crippen molar-refractivity contribution in [2.75, 3.05) is 37.2 Å². The third-order valence-electron chi connectivity index (χ3n) is 5.26. The monoisotopic (exact) mass is 395 g/mol. The summed E-state index contributed by atoms with van der Waals surface area (Å²) in [6, 6.07) is 14.3. The third kappa shape index (κ3) is 4.39. The standard InChI is InChI=1S/C22H25N3O2S/c1-16-3-5-17(6-4-16)14-24-9-2-10-25(12-11-24)22(27)18-7-8-20-19(13-18)23-21(26)15-28-20/h3-8,13H,2,9-12,14-15H2,1H3,(H,23,26). The van der Waals surface area contributed by atoms with Gasteiger partial charge in [-0.15, -0.1) is 11.8 Å². The maximum atomic E-state index is 13.0. The molecule has 1 N–H and O–H groups in total. The summed E-state index contributed by atoms with van der Waals surface area (Å²) in [6.07, 6.45) is 0.967. The first-order chi connectivity index (χ1) is 13.6. The van der Waals surface area contributed by atoms with Crippen LogP contribution in [0.1, 0.15) is 27.9 Å². The molecule has 0 spiro atoms. The SMILES string of the molecule is Cc1ccc(CN2CCCN(C(=O)c3ccc4c(c3)NC(=O)CS4)CC2)cc1. The van der Waals surface area contributed by atoms with Gasteiger partial charge in [0.15, 0.2) is 0 Å². The second kappa shape index (κ2) is 8.37. The van der Waals surface area contributed by atoms with Gasteiger partial charge in [0.05, 0.1) is 11.4 Å². The number of fused-ring (bicyclic) bond motifs is 1. The molecule has 2 heterocycles. The second-order valence-electron chi connectivity index (χ2n) is 7.46. The summed E-state index contributed by atoms with van der Waals surface area (Å²) < 4.78 is 0. The number of nitrogens with zero attached hydrogens (tertiary/aromatic N) is 2. The van der Waals surface area contributed by atoms with Crippen molar-refractivity contribution < 1.29 is 9.59 Å². The molecule has 1 fully saturated rings. The first-order valence-corrected chi connectivity index (χ1v) is 10.7. The Balaban J connectivity index is 1.40. The molecule has 0 unspecified atom stereocenters. The van der Waals surface area contributed by atoms with Gasteiger partial charge in [0.25, 0.3) is 5.91 Å². The van der Waals surface area contributed by atoms with E-state index in [0.717, 1.165) is 49.7 Å². The zero-order valence-electron chi connectivity index (χ0n) is 16.1. The van der Waals surface area contributed by atoms with Crippen molar-refractivity contribution in [2.45, 2.75) is 24.8 Å². The van der Waals surface area contributed by atoms with Crippen molar-refractivity contribution in [2.24, 2.45) is 0 Å². The minimum Gasteiger partial charge on any atom is -0.337 e. The molecule has 5 nitrogen and oxygen atoms in total. The number of rotatable bonds is 3. The Hall–Kier alpha value is -2.31. The van der Waals surface area contributed by atoms with Crippen LogP contribution in [0.25, 0.3) is 0 Å². The van der Waals surface area contributed by atoms with E-state index in [1.54, 1.807) is 0 Å². The van der Waals surface area contributed by atoms with Gasteiger partial charge in [0.2, 0.25) is 5.91 Å². The van der Waals surface area contributed by atoms with Gasteiger partial charge in [-0.05, 0) is 37.1 Å². The van der Waals surface area contributed by atoms with E-state index in [-0.39, 0.29) is 11.8 Å². The fourth-order valence-corrected chi connectivity index (χ4v) is 4.47. The van der Waals surface area contributed by atoms with Crippen LogP contribution in [0.2, 0.25) is 0 Å². The molecular weight excluding hydrogens is 370 g/mol. The average molecular weight is 396 g/mol. The van der Waals surface area contributed by atoms with Crippen molar-refractivity contribution in [3.05, 3.63) is 59.2 Å². The largest absolute Gasteiger partial charge is 0.337 e. The summed E-state index contributed by atoms with van der Waals surface area (Å²) in [5.41, 5.74) is 3.99. The highest BCUT2D eigenvalue weighted by atomic mass is 32.2. The van der Waals surface area contributed by atoms with E-state index in [4.69, 9.17) is 0 Å². The Labute approximate surface area is 170 Å². The van der Waals surface area contributed by atoms with Crippen molar-refractivity contribution in [1.29, 1.82) is 0 Å². The van der Waals surface area contributed by atoms with Crippen LogP contribution in [0.4, 0.5) is 5.69 Å². The number of anilines is 1. The van der Waals surface area contributed by atoms with E-state index in [1.165, 1.54) is 22.9 Å². The zero-order valence-corrected chi connectivity index (χ0v) is 16.9. The van der Waals surface area contributed by atoms with Gasteiger partial charge < -0.3 is 10.2 Å². The molecule has 0 aliphatic carbocycles. The summed E-state index contributed by atoms with van der Waals surface area (Å²) in [4.78, 5) is 30.0. The zero-order chi connectivity index (χ0) is 19.5. The Morgan fingerprint density at radius 1 is 1.07 bits per heavy atom. The normalized spacial score (nSPS) is 17.6. The van der Waals surface area contributed by atoms with Crippen molar-refractivity contribution in [3.63, 3.8) is 0 Å². The van der Waals surface area contributed by atoms with Crippen LogP contribution in [0.15, 0.2) is 47.4 Å². The highest BCUT2D eigenvalue weighted by molar-refractivity contribution is 8.00. The minimum absolute atomic E-state index is 0.0105.